The van der Waals surface area contributed by atoms with Gasteiger partial charge >= 0.3 is 0 Å². The molecule has 1 saturated heterocycles. The fourth-order valence-corrected chi connectivity index (χ4v) is 4.46. The van der Waals surface area contributed by atoms with E-state index in [1.54, 1.807) is 11.0 Å². The molecule has 6 nitrogen and oxygen atoms in total. The third-order valence-electron chi connectivity index (χ3n) is 5.72. The van der Waals surface area contributed by atoms with Crippen LogP contribution in [-0.4, -0.2) is 50.8 Å². The zero-order chi connectivity index (χ0) is 21.5. The van der Waals surface area contributed by atoms with Crippen LogP contribution in [0.15, 0.2) is 72.5 Å². The highest BCUT2D eigenvalue weighted by atomic mass is 35.5. The van der Waals surface area contributed by atoms with Crippen LogP contribution in [0.2, 0.25) is 5.02 Å². The van der Waals surface area contributed by atoms with E-state index in [0.717, 1.165) is 47.9 Å². The predicted molar refractivity (Wildman–Crippen MR) is 123 cm³/mol. The first-order valence-corrected chi connectivity index (χ1v) is 10.8. The molecule has 0 unspecified atom stereocenters. The van der Waals surface area contributed by atoms with E-state index in [2.05, 4.69) is 28.2 Å². The molecule has 7 heteroatoms. The molecule has 31 heavy (non-hydrogen) atoms. The average molecular weight is 434 g/mol. The van der Waals surface area contributed by atoms with Crippen molar-refractivity contribution >= 4 is 28.7 Å². The number of allylic oxidation sites excluding steroid dienone is 6. The Balaban J connectivity index is 1.49. The second-order valence-corrected chi connectivity index (χ2v) is 8.54. The molecule has 1 fully saturated rings. The molecule has 1 amide bonds. The van der Waals surface area contributed by atoms with Crippen LogP contribution in [-0.2, 0) is 4.79 Å². The van der Waals surface area contributed by atoms with Gasteiger partial charge in [0.1, 0.15) is 0 Å². The maximum atomic E-state index is 13.2. The van der Waals surface area contributed by atoms with Crippen molar-refractivity contribution < 1.29 is 4.79 Å². The highest BCUT2D eigenvalue weighted by molar-refractivity contribution is 6.33. The quantitative estimate of drug-likeness (QED) is 0.785. The molecule has 0 spiro atoms. The number of nitrogens with one attached hydrogen (secondary N) is 1. The van der Waals surface area contributed by atoms with Crippen molar-refractivity contribution in [3.63, 3.8) is 0 Å². The van der Waals surface area contributed by atoms with E-state index >= 15 is 0 Å². The first kappa shape index (κ1) is 19.8. The standard InChI is InChI=1S/C24H24ClN5O/c1-16-12-28(9-8-26-16)21-7-6-20-5-3-4-18(11-23(31)30(20)15-21)19-10-22(25)24-27-17(2)13-29(24)14-19/h3-7,10-11,13-16,26H,8-9,12H2,1-2H3/b4-3+,18-11+,20-5+/t16-/m1/s1. The predicted octanol–water partition coefficient (Wildman–Crippen LogP) is 3.67. The molecule has 0 aliphatic carbocycles. The van der Waals surface area contributed by atoms with Crippen LogP contribution in [0.3, 0.4) is 0 Å². The lowest BCUT2D eigenvalue weighted by Crippen LogP contribution is -2.48. The Morgan fingerprint density at radius 3 is 2.87 bits per heavy atom. The van der Waals surface area contributed by atoms with Crippen LogP contribution in [0.25, 0.3) is 11.2 Å². The Morgan fingerprint density at radius 2 is 2.03 bits per heavy atom. The van der Waals surface area contributed by atoms with Gasteiger partial charge in [0.15, 0.2) is 5.65 Å². The second kappa shape index (κ2) is 7.87. The van der Waals surface area contributed by atoms with Gasteiger partial charge in [0, 0.05) is 61.6 Å². The van der Waals surface area contributed by atoms with Gasteiger partial charge in [0.25, 0.3) is 5.91 Å². The molecule has 1 atom stereocenters. The lowest BCUT2D eigenvalue weighted by molar-refractivity contribution is -0.122. The number of hydrogen-bond acceptors (Lipinski definition) is 4. The molecular weight excluding hydrogens is 410 g/mol. The number of fused-ring (bicyclic) bond motifs is 2. The summed E-state index contributed by atoms with van der Waals surface area (Å²) in [6.07, 6.45) is 17.4. The molecule has 0 saturated carbocycles. The molecule has 0 aromatic carbocycles. The molecule has 1 N–H and O–H groups in total. The minimum Gasteiger partial charge on any atom is -0.368 e. The summed E-state index contributed by atoms with van der Waals surface area (Å²) in [4.78, 5) is 21.7. The van der Waals surface area contributed by atoms with Crippen molar-refractivity contribution in [2.24, 2.45) is 0 Å². The number of nitrogens with zero attached hydrogens (tertiary/aromatic N) is 4. The summed E-state index contributed by atoms with van der Waals surface area (Å²) in [7, 11) is 0. The Labute approximate surface area is 186 Å². The van der Waals surface area contributed by atoms with Gasteiger partial charge in [-0.2, -0.15) is 0 Å². The van der Waals surface area contributed by atoms with Crippen LogP contribution >= 0.6 is 11.6 Å². The maximum absolute atomic E-state index is 13.2. The molecular formula is C24H24ClN5O. The monoisotopic (exact) mass is 433 g/mol. The molecule has 158 valence electrons. The van der Waals surface area contributed by atoms with E-state index in [0.29, 0.717) is 16.7 Å². The number of carbonyl (C=O) groups is 1. The van der Waals surface area contributed by atoms with E-state index in [1.165, 1.54) is 0 Å². The van der Waals surface area contributed by atoms with Gasteiger partial charge < -0.3 is 14.6 Å². The van der Waals surface area contributed by atoms with Crippen molar-refractivity contribution in [1.82, 2.24) is 24.5 Å². The van der Waals surface area contributed by atoms with Gasteiger partial charge in [-0.3, -0.25) is 9.69 Å². The zero-order valence-electron chi connectivity index (χ0n) is 17.5. The molecule has 0 bridgehead atoms. The lowest BCUT2D eigenvalue weighted by Gasteiger charge is -2.36. The topological polar surface area (TPSA) is 52.9 Å². The summed E-state index contributed by atoms with van der Waals surface area (Å²) >= 11 is 6.46. The van der Waals surface area contributed by atoms with E-state index in [1.807, 2.05) is 60.3 Å². The molecule has 3 aliphatic rings. The van der Waals surface area contributed by atoms with Gasteiger partial charge in [-0.05, 0) is 43.7 Å². The first-order chi connectivity index (χ1) is 15.0. The molecule has 5 rings (SSSR count). The third-order valence-corrected chi connectivity index (χ3v) is 6.00. The van der Waals surface area contributed by atoms with Crippen LogP contribution in [0.5, 0.6) is 0 Å². The molecule has 2 aromatic heterocycles. The fourth-order valence-electron chi connectivity index (χ4n) is 4.20. The van der Waals surface area contributed by atoms with E-state index in [9.17, 15) is 4.79 Å². The Kier molecular flexibility index (Phi) is 5.04. The average Bonchev–Trinajstić information content (AvgIpc) is 3.12. The van der Waals surface area contributed by atoms with Gasteiger partial charge in [0.2, 0.25) is 0 Å². The second-order valence-electron chi connectivity index (χ2n) is 8.14. The van der Waals surface area contributed by atoms with E-state index in [-0.39, 0.29) is 5.91 Å². The van der Waals surface area contributed by atoms with Crippen molar-refractivity contribution in [1.29, 1.82) is 0 Å². The molecule has 3 aliphatic heterocycles. The van der Waals surface area contributed by atoms with Crippen LogP contribution in [0, 0.1) is 6.92 Å². The lowest BCUT2D eigenvalue weighted by atomic mass is 10.0. The number of aryl methyl sites for hydroxylation is 1. The summed E-state index contributed by atoms with van der Waals surface area (Å²) < 4.78 is 1.90. The number of amides is 1. The number of pyridine rings is 1. The number of aromatic nitrogens is 2. The largest absolute Gasteiger partial charge is 0.368 e. The number of piperazine rings is 1. The van der Waals surface area contributed by atoms with E-state index in [4.69, 9.17) is 11.6 Å². The summed E-state index contributed by atoms with van der Waals surface area (Å²) in [6, 6.07) is 2.28. The third kappa shape index (κ3) is 3.84. The molecule has 5 heterocycles. The summed E-state index contributed by atoms with van der Waals surface area (Å²) in [5.41, 5.74) is 5.18. The SMILES string of the molecule is Cc1cn2cc(C3=C\C(=O)N4C=C(N5CCN[C@H](C)C5)C=C\C4=C/C=C/3)cc(Cl)c2n1. The summed E-state index contributed by atoms with van der Waals surface area (Å²) in [5.74, 6) is -0.0892. The smallest absolute Gasteiger partial charge is 0.255 e. The molecule has 2 aromatic rings. The Morgan fingerprint density at radius 1 is 1.19 bits per heavy atom. The minimum absolute atomic E-state index is 0.0892. The Hall–Kier alpha value is -3.09. The number of imidazole rings is 1. The van der Waals surface area contributed by atoms with Crippen molar-refractivity contribution in [3.8, 4) is 0 Å². The van der Waals surface area contributed by atoms with Gasteiger partial charge in [-0.25, -0.2) is 4.98 Å². The summed E-state index contributed by atoms with van der Waals surface area (Å²) in [5, 5.41) is 4.01. The van der Waals surface area contributed by atoms with Crippen LogP contribution in [0.1, 0.15) is 18.2 Å². The van der Waals surface area contributed by atoms with Gasteiger partial charge in [0.05, 0.1) is 16.4 Å². The van der Waals surface area contributed by atoms with Gasteiger partial charge in [-0.15, -0.1) is 0 Å². The summed E-state index contributed by atoms with van der Waals surface area (Å²) in [6.45, 7) is 6.88. The zero-order valence-corrected chi connectivity index (χ0v) is 18.3. The van der Waals surface area contributed by atoms with Crippen LogP contribution < -0.4 is 5.32 Å². The number of carbonyl (C=O) groups excluding carboxylic acids is 1. The minimum atomic E-state index is -0.0892. The Bertz CT molecular complexity index is 1220. The number of rotatable bonds is 2. The maximum Gasteiger partial charge on any atom is 0.255 e. The molecule has 0 radical (unpaired) electrons. The fraction of sp³-hybridized carbons (Fsp3) is 0.250. The normalized spacial score (nSPS) is 25.8. The van der Waals surface area contributed by atoms with Gasteiger partial charge in [-0.1, -0.05) is 23.8 Å². The highest BCUT2D eigenvalue weighted by Gasteiger charge is 2.23. The van der Waals surface area contributed by atoms with Crippen molar-refractivity contribution in [2.45, 2.75) is 19.9 Å². The van der Waals surface area contributed by atoms with Crippen molar-refractivity contribution in [3.05, 3.63) is 88.8 Å². The number of hydrogen-bond donors (Lipinski definition) is 1. The number of halogens is 1. The first-order valence-electron chi connectivity index (χ1n) is 10.4. The van der Waals surface area contributed by atoms with Crippen molar-refractivity contribution in [2.75, 3.05) is 19.6 Å². The van der Waals surface area contributed by atoms with Crippen LogP contribution in [0.4, 0.5) is 0 Å². The van der Waals surface area contributed by atoms with E-state index < -0.39 is 0 Å². The highest BCUT2D eigenvalue weighted by Crippen LogP contribution is 2.28.